The van der Waals surface area contributed by atoms with Crippen LogP contribution >= 0.6 is 0 Å². The largest absolute Gasteiger partial charge is 0.348 e. The molecule has 1 atom stereocenters. The first kappa shape index (κ1) is 20.8. The zero-order valence-corrected chi connectivity index (χ0v) is 17.1. The molecule has 8 nitrogen and oxygen atoms in total. The summed E-state index contributed by atoms with van der Waals surface area (Å²) in [6.45, 7) is 1.20. The molecule has 154 valence electrons. The molecule has 0 saturated carbocycles. The number of carbonyl (C=O) groups excluding carboxylic acids is 1. The van der Waals surface area contributed by atoms with Crippen LogP contribution in [0.2, 0.25) is 0 Å². The van der Waals surface area contributed by atoms with Gasteiger partial charge in [0.05, 0.1) is 22.9 Å². The molecule has 0 aliphatic heterocycles. The summed E-state index contributed by atoms with van der Waals surface area (Å²) in [6.07, 6.45) is 3.64. The van der Waals surface area contributed by atoms with E-state index in [0.29, 0.717) is 5.56 Å². The smallest absolute Gasteiger partial charge is 0.271 e. The molecule has 0 unspecified atom stereocenters. The van der Waals surface area contributed by atoms with Crippen molar-refractivity contribution in [3.8, 4) is 0 Å². The Bertz CT molecular complexity index is 1050. The average molecular weight is 417 g/mol. The summed E-state index contributed by atoms with van der Waals surface area (Å²) in [6, 6.07) is 11.7. The Hall–Kier alpha value is -2.94. The molecule has 0 fully saturated rings. The number of hydrogen-bond donors (Lipinski definition) is 1. The molecule has 0 radical (unpaired) electrons. The number of benzene rings is 2. The van der Waals surface area contributed by atoms with Crippen LogP contribution in [-0.2, 0) is 21.2 Å². The highest BCUT2D eigenvalue weighted by Gasteiger charge is 2.27. The van der Waals surface area contributed by atoms with E-state index in [9.17, 15) is 23.3 Å². The van der Waals surface area contributed by atoms with Gasteiger partial charge in [-0.3, -0.25) is 19.2 Å². The Morgan fingerprint density at radius 3 is 2.69 bits per heavy atom. The van der Waals surface area contributed by atoms with Crippen molar-refractivity contribution in [1.29, 1.82) is 0 Å². The van der Waals surface area contributed by atoms with Crippen molar-refractivity contribution in [1.82, 2.24) is 5.32 Å². The summed E-state index contributed by atoms with van der Waals surface area (Å²) in [7, 11) is -3.83. The highest BCUT2D eigenvalue weighted by molar-refractivity contribution is 7.92. The Balaban J connectivity index is 1.85. The number of nitrogens with one attached hydrogen (secondary N) is 1. The number of amides is 1. The summed E-state index contributed by atoms with van der Waals surface area (Å²) >= 11 is 0. The molecule has 2 aromatic carbocycles. The lowest BCUT2D eigenvalue weighted by Gasteiger charge is -2.28. The fraction of sp³-hybridized carbons (Fsp3) is 0.350. The number of carbonyl (C=O) groups is 1. The van der Waals surface area contributed by atoms with Gasteiger partial charge in [-0.25, -0.2) is 8.42 Å². The minimum atomic E-state index is -3.83. The van der Waals surface area contributed by atoms with Gasteiger partial charge in [-0.15, -0.1) is 0 Å². The van der Waals surface area contributed by atoms with Gasteiger partial charge in [-0.1, -0.05) is 30.3 Å². The zero-order chi connectivity index (χ0) is 21.2. The van der Waals surface area contributed by atoms with Crippen molar-refractivity contribution in [2.75, 3.05) is 17.1 Å². The minimum Gasteiger partial charge on any atom is -0.348 e. The van der Waals surface area contributed by atoms with Crippen LogP contribution in [0.1, 0.15) is 35.6 Å². The van der Waals surface area contributed by atoms with Crippen molar-refractivity contribution < 1.29 is 18.1 Å². The molecule has 2 aromatic rings. The van der Waals surface area contributed by atoms with Crippen molar-refractivity contribution in [3.05, 3.63) is 69.3 Å². The average Bonchev–Trinajstić information content (AvgIpc) is 2.66. The lowest BCUT2D eigenvalue weighted by atomic mass is 9.88. The number of non-ortho nitro benzene ring substituents is 1. The summed E-state index contributed by atoms with van der Waals surface area (Å²) in [5.74, 6) is -0.456. The standard InChI is InChI=1S/C20H23N3O5S/c1-14-10-11-16(23(25)26)12-19(14)22(29(2,27)28)13-20(24)21-18-9-5-7-15-6-3-4-8-17(15)18/h3-4,6,8,10-12,18H,5,7,9,13H2,1-2H3,(H,21,24)/t18-/m0/s1. The lowest BCUT2D eigenvalue weighted by Crippen LogP contribution is -2.42. The molecule has 0 bridgehead atoms. The summed E-state index contributed by atoms with van der Waals surface area (Å²) in [4.78, 5) is 23.2. The third-order valence-electron chi connectivity index (χ3n) is 5.06. The van der Waals surface area contributed by atoms with Crippen molar-refractivity contribution in [3.63, 3.8) is 0 Å². The third-order valence-corrected chi connectivity index (χ3v) is 6.19. The Morgan fingerprint density at radius 2 is 2.00 bits per heavy atom. The number of sulfonamides is 1. The molecule has 0 saturated heterocycles. The third kappa shape index (κ3) is 4.73. The van der Waals surface area contributed by atoms with Crippen LogP contribution in [0.4, 0.5) is 11.4 Å². The maximum Gasteiger partial charge on any atom is 0.271 e. The van der Waals surface area contributed by atoms with E-state index in [1.54, 1.807) is 6.92 Å². The fourth-order valence-electron chi connectivity index (χ4n) is 3.64. The highest BCUT2D eigenvalue weighted by atomic mass is 32.2. The Kier molecular flexibility index (Phi) is 5.88. The number of fused-ring (bicyclic) bond motifs is 1. The second-order valence-corrected chi connectivity index (χ2v) is 9.12. The van der Waals surface area contributed by atoms with Crippen LogP contribution in [-0.4, -0.2) is 32.0 Å². The Labute approximate surface area is 169 Å². The maximum atomic E-state index is 12.7. The van der Waals surface area contributed by atoms with Gasteiger partial charge in [0.15, 0.2) is 0 Å². The molecule has 1 aliphatic rings. The summed E-state index contributed by atoms with van der Waals surface area (Å²) in [5.41, 5.74) is 2.64. The van der Waals surface area contributed by atoms with Gasteiger partial charge < -0.3 is 5.32 Å². The van der Waals surface area contributed by atoms with E-state index in [-0.39, 0.29) is 17.4 Å². The summed E-state index contributed by atoms with van der Waals surface area (Å²) in [5, 5.41) is 14.0. The number of rotatable bonds is 6. The van der Waals surface area contributed by atoms with Gasteiger partial charge >= 0.3 is 0 Å². The van der Waals surface area contributed by atoms with Gasteiger partial charge in [-0.05, 0) is 42.9 Å². The maximum absolute atomic E-state index is 12.7. The molecular weight excluding hydrogens is 394 g/mol. The van der Waals surface area contributed by atoms with E-state index in [2.05, 4.69) is 5.32 Å². The van der Waals surface area contributed by atoms with Crippen molar-refractivity contribution in [2.24, 2.45) is 0 Å². The number of nitrogens with zero attached hydrogens (tertiary/aromatic N) is 2. The van der Waals surface area contributed by atoms with Crippen LogP contribution in [0.5, 0.6) is 0 Å². The van der Waals surface area contributed by atoms with Crippen LogP contribution in [0.15, 0.2) is 42.5 Å². The van der Waals surface area contributed by atoms with Crippen molar-refractivity contribution >= 4 is 27.3 Å². The number of aryl methyl sites for hydroxylation is 2. The Morgan fingerprint density at radius 1 is 1.28 bits per heavy atom. The molecule has 0 spiro atoms. The molecule has 1 N–H and O–H groups in total. The number of hydrogen-bond acceptors (Lipinski definition) is 5. The SMILES string of the molecule is Cc1ccc([N+](=O)[O-])cc1N(CC(=O)N[C@H]1CCCc2ccccc21)S(C)(=O)=O. The summed E-state index contributed by atoms with van der Waals surface area (Å²) < 4.78 is 25.7. The van der Waals surface area contributed by atoms with Crippen LogP contribution in [0.25, 0.3) is 0 Å². The highest BCUT2D eigenvalue weighted by Crippen LogP contribution is 2.30. The van der Waals surface area contributed by atoms with Gasteiger partial charge in [0, 0.05) is 12.1 Å². The first-order valence-corrected chi connectivity index (χ1v) is 11.1. The molecule has 3 rings (SSSR count). The first-order valence-electron chi connectivity index (χ1n) is 9.26. The van der Waals surface area contributed by atoms with E-state index in [1.165, 1.54) is 23.8 Å². The second kappa shape index (κ2) is 8.20. The normalized spacial score (nSPS) is 16.0. The molecular formula is C20H23N3O5S. The predicted octanol–water partition coefficient (Wildman–Crippen LogP) is 2.86. The first-order chi connectivity index (χ1) is 13.7. The number of anilines is 1. The molecule has 1 amide bonds. The topological polar surface area (TPSA) is 110 Å². The van der Waals surface area contributed by atoms with Gasteiger partial charge in [0.1, 0.15) is 6.54 Å². The monoisotopic (exact) mass is 417 g/mol. The predicted molar refractivity (Wildman–Crippen MR) is 110 cm³/mol. The fourth-order valence-corrected chi connectivity index (χ4v) is 4.54. The number of nitro groups is 1. The van der Waals surface area contributed by atoms with Crippen LogP contribution in [0.3, 0.4) is 0 Å². The van der Waals surface area contributed by atoms with Gasteiger partial charge in [-0.2, -0.15) is 0 Å². The lowest BCUT2D eigenvalue weighted by molar-refractivity contribution is -0.384. The molecule has 0 heterocycles. The van der Waals surface area contributed by atoms with Crippen LogP contribution < -0.4 is 9.62 Å². The van der Waals surface area contributed by atoms with E-state index >= 15 is 0 Å². The van der Waals surface area contributed by atoms with E-state index in [0.717, 1.165) is 35.4 Å². The van der Waals surface area contributed by atoms with E-state index < -0.39 is 27.4 Å². The quantitative estimate of drug-likeness (QED) is 0.574. The van der Waals surface area contributed by atoms with Gasteiger partial charge in [0.25, 0.3) is 5.69 Å². The zero-order valence-electron chi connectivity index (χ0n) is 16.3. The molecule has 29 heavy (non-hydrogen) atoms. The van der Waals surface area contributed by atoms with Crippen LogP contribution in [0, 0.1) is 17.0 Å². The van der Waals surface area contributed by atoms with E-state index in [1.807, 2.05) is 24.3 Å². The molecule has 9 heteroatoms. The number of nitro benzene ring substituents is 1. The van der Waals surface area contributed by atoms with Gasteiger partial charge in [0.2, 0.25) is 15.9 Å². The minimum absolute atomic E-state index is 0.126. The molecule has 1 aliphatic carbocycles. The van der Waals surface area contributed by atoms with E-state index in [4.69, 9.17) is 0 Å². The molecule has 0 aromatic heterocycles. The second-order valence-electron chi connectivity index (χ2n) is 7.21. The van der Waals surface area contributed by atoms with Crippen molar-refractivity contribution in [2.45, 2.75) is 32.2 Å².